The van der Waals surface area contributed by atoms with E-state index in [1.165, 1.54) is 12.1 Å². The summed E-state index contributed by atoms with van der Waals surface area (Å²) in [5.41, 5.74) is 5.46. The molecule has 0 aromatic heterocycles. The molecule has 1 rings (SSSR count). The van der Waals surface area contributed by atoms with E-state index in [0.29, 0.717) is 0 Å². The number of hydrogen-bond acceptors (Lipinski definition) is 2. The number of carboxylic acid groups (broad SMARTS) is 1. The SMILES string of the molecule is Cl.NCc1cc(C(=O)O)ccc1F. The van der Waals surface area contributed by atoms with Crippen LogP contribution in [-0.2, 0) is 6.54 Å². The van der Waals surface area contributed by atoms with Crippen LogP contribution in [0, 0.1) is 5.82 Å². The zero-order valence-corrected chi connectivity index (χ0v) is 7.47. The molecule has 13 heavy (non-hydrogen) atoms. The van der Waals surface area contributed by atoms with Crippen LogP contribution in [0.3, 0.4) is 0 Å². The van der Waals surface area contributed by atoms with Gasteiger partial charge < -0.3 is 10.8 Å². The molecule has 0 radical (unpaired) electrons. The minimum atomic E-state index is -1.08. The highest BCUT2D eigenvalue weighted by atomic mass is 35.5. The second-order valence-corrected chi connectivity index (χ2v) is 2.32. The minimum Gasteiger partial charge on any atom is -0.478 e. The van der Waals surface area contributed by atoms with Crippen LogP contribution in [0.4, 0.5) is 4.39 Å². The van der Waals surface area contributed by atoms with Crippen molar-refractivity contribution < 1.29 is 14.3 Å². The van der Waals surface area contributed by atoms with Gasteiger partial charge in [-0.2, -0.15) is 0 Å². The van der Waals surface area contributed by atoms with Crippen molar-refractivity contribution in [3.8, 4) is 0 Å². The van der Waals surface area contributed by atoms with Crippen LogP contribution < -0.4 is 5.73 Å². The summed E-state index contributed by atoms with van der Waals surface area (Å²) in [5, 5.41) is 8.53. The number of nitrogens with two attached hydrogens (primary N) is 1. The summed E-state index contributed by atoms with van der Waals surface area (Å²) in [6.45, 7) is 0.00690. The fourth-order valence-corrected chi connectivity index (χ4v) is 0.864. The van der Waals surface area contributed by atoms with E-state index < -0.39 is 11.8 Å². The molecule has 0 atom stereocenters. The second-order valence-electron chi connectivity index (χ2n) is 2.32. The number of carboxylic acids is 1. The zero-order valence-electron chi connectivity index (χ0n) is 6.66. The molecular formula is C8H9ClFNO2. The topological polar surface area (TPSA) is 63.3 Å². The molecule has 0 saturated carbocycles. The van der Waals surface area contributed by atoms with E-state index in [0.717, 1.165) is 6.07 Å². The molecule has 3 nitrogen and oxygen atoms in total. The summed E-state index contributed by atoms with van der Waals surface area (Å²) in [7, 11) is 0. The van der Waals surface area contributed by atoms with Gasteiger partial charge in [-0.15, -0.1) is 12.4 Å². The second kappa shape index (κ2) is 4.79. The first-order valence-corrected chi connectivity index (χ1v) is 3.37. The zero-order chi connectivity index (χ0) is 9.14. The number of rotatable bonds is 2. The molecular weight excluding hydrogens is 197 g/mol. The molecule has 0 fully saturated rings. The first-order valence-electron chi connectivity index (χ1n) is 3.37. The van der Waals surface area contributed by atoms with Crippen molar-refractivity contribution in [3.63, 3.8) is 0 Å². The van der Waals surface area contributed by atoms with Gasteiger partial charge in [0.15, 0.2) is 0 Å². The summed E-state index contributed by atoms with van der Waals surface area (Å²) in [4.78, 5) is 10.4. The van der Waals surface area contributed by atoms with Gasteiger partial charge in [-0.3, -0.25) is 0 Å². The Kier molecular flexibility index (Phi) is 4.37. The molecule has 0 aliphatic rings. The summed E-state index contributed by atoms with van der Waals surface area (Å²) in [6.07, 6.45) is 0. The van der Waals surface area contributed by atoms with Crippen molar-refractivity contribution in [1.82, 2.24) is 0 Å². The predicted octanol–water partition coefficient (Wildman–Crippen LogP) is 1.40. The average Bonchev–Trinajstić information content (AvgIpc) is 2.05. The van der Waals surface area contributed by atoms with E-state index in [2.05, 4.69) is 0 Å². The van der Waals surface area contributed by atoms with Gasteiger partial charge in [-0.1, -0.05) is 0 Å². The summed E-state index contributed by atoms with van der Waals surface area (Å²) >= 11 is 0. The maximum Gasteiger partial charge on any atom is 0.335 e. The summed E-state index contributed by atoms with van der Waals surface area (Å²) in [6, 6.07) is 3.54. The van der Waals surface area contributed by atoms with Crippen LogP contribution >= 0.6 is 12.4 Å². The van der Waals surface area contributed by atoms with Crippen molar-refractivity contribution in [3.05, 3.63) is 35.1 Å². The lowest BCUT2D eigenvalue weighted by Crippen LogP contribution is -2.03. The Morgan fingerprint density at radius 1 is 1.54 bits per heavy atom. The van der Waals surface area contributed by atoms with Gasteiger partial charge in [-0.05, 0) is 18.2 Å². The molecule has 1 aromatic carbocycles. The van der Waals surface area contributed by atoms with E-state index in [9.17, 15) is 9.18 Å². The minimum absolute atomic E-state index is 0. The fraction of sp³-hybridized carbons (Fsp3) is 0.125. The molecule has 0 bridgehead atoms. The quantitative estimate of drug-likeness (QED) is 0.767. The van der Waals surface area contributed by atoms with Gasteiger partial charge in [0.05, 0.1) is 5.56 Å². The molecule has 0 amide bonds. The number of carbonyl (C=O) groups is 1. The molecule has 0 unspecified atom stereocenters. The normalized spacial score (nSPS) is 9.08. The Morgan fingerprint density at radius 2 is 2.15 bits per heavy atom. The first kappa shape index (κ1) is 11.9. The molecule has 1 aromatic rings. The van der Waals surface area contributed by atoms with Crippen LogP contribution in [0.15, 0.2) is 18.2 Å². The highest BCUT2D eigenvalue weighted by Crippen LogP contribution is 2.09. The van der Waals surface area contributed by atoms with Crippen molar-refractivity contribution in [2.45, 2.75) is 6.54 Å². The average molecular weight is 206 g/mol. The van der Waals surface area contributed by atoms with Gasteiger partial charge in [0.25, 0.3) is 0 Å². The lowest BCUT2D eigenvalue weighted by molar-refractivity contribution is 0.0696. The molecule has 0 spiro atoms. The van der Waals surface area contributed by atoms with Crippen LogP contribution in [0.5, 0.6) is 0 Å². The number of halogens is 2. The van der Waals surface area contributed by atoms with Crippen molar-refractivity contribution in [2.24, 2.45) is 5.73 Å². The molecule has 0 aliphatic carbocycles. The maximum atomic E-state index is 12.8. The van der Waals surface area contributed by atoms with Crippen molar-refractivity contribution in [1.29, 1.82) is 0 Å². The van der Waals surface area contributed by atoms with Crippen LogP contribution in [0.2, 0.25) is 0 Å². The van der Waals surface area contributed by atoms with Crippen LogP contribution in [0.25, 0.3) is 0 Å². The largest absolute Gasteiger partial charge is 0.478 e. The van der Waals surface area contributed by atoms with Gasteiger partial charge in [0, 0.05) is 12.1 Å². The Balaban J connectivity index is 0.00000144. The van der Waals surface area contributed by atoms with Gasteiger partial charge in [-0.25, -0.2) is 9.18 Å². The number of hydrogen-bond donors (Lipinski definition) is 2. The molecule has 3 N–H and O–H groups in total. The smallest absolute Gasteiger partial charge is 0.335 e. The third-order valence-electron chi connectivity index (χ3n) is 1.51. The first-order chi connectivity index (χ1) is 5.65. The fourth-order valence-electron chi connectivity index (χ4n) is 0.864. The van der Waals surface area contributed by atoms with E-state index in [4.69, 9.17) is 10.8 Å². The number of aromatic carboxylic acids is 1. The van der Waals surface area contributed by atoms with Crippen LogP contribution in [-0.4, -0.2) is 11.1 Å². The highest BCUT2D eigenvalue weighted by molar-refractivity contribution is 5.87. The Bertz CT molecular complexity index is 317. The van der Waals surface area contributed by atoms with Crippen molar-refractivity contribution in [2.75, 3.05) is 0 Å². The standard InChI is InChI=1S/C8H8FNO2.ClH/c9-7-2-1-5(8(11)12)3-6(7)4-10;/h1-3H,4,10H2,(H,11,12);1H. The lowest BCUT2D eigenvalue weighted by atomic mass is 10.1. The van der Waals surface area contributed by atoms with Crippen molar-refractivity contribution >= 4 is 18.4 Å². The molecule has 72 valence electrons. The molecule has 5 heteroatoms. The summed E-state index contributed by atoms with van der Waals surface area (Å²) in [5.74, 6) is -1.55. The Morgan fingerprint density at radius 3 is 2.62 bits per heavy atom. The predicted molar refractivity (Wildman–Crippen MR) is 48.5 cm³/mol. The Labute approximate surface area is 80.8 Å². The molecule has 0 aliphatic heterocycles. The molecule has 0 heterocycles. The van der Waals surface area contributed by atoms with E-state index in [-0.39, 0.29) is 30.1 Å². The van der Waals surface area contributed by atoms with E-state index >= 15 is 0 Å². The highest BCUT2D eigenvalue weighted by Gasteiger charge is 2.06. The van der Waals surface area contributed by atoms with Gasteiger partial charge in [0.1, 0.15) is 5.82 Å². The molecule has 0 saturated heterocycles. The third-order valence-corrected chi connectivity index (χ3v) is 1.51. The van der Waals surface area contributed by atoms with Gasteiger partial charge >= 0.3 is 5.97 Å². The third kappa shape index (κ3) is 2.68. The number of benzene rings is 1. The maximum absolute atomic E-state index is 12.8. The van der Waals surface area contributed by atoms with E-state index in [1.54, 1.807) is 0 Å². The monoisotopic (exact) mass is 205 g/mol. The Hall–Kier alpha value is -1.13. The lowest BCUT2D eigenvalue weighted by Gasteiger charge is -2.00. The van der Waals surface area contributed by atoms with Crippen LogP contribution in [0.1, 0.15) is 15.9 Å². The van der Waals surface area contributed by atoms with Gasteiger partial charge in [0.2, 0.25) is 0 Å². The van der Waals surface area contributed by atoms with E-state index in [1.807, 2.05) is 0 Å². The summed E-state index contributed by atoms with van der Waals surface area (Å²) < 4.78 is 12.8.